The summed E-state index contributed by atoms with van der Waals surface area (Å²) in [5.74, 6) is 0.785. The van der Waals surface area contributed by atoms with Crippen molar-refractivity contribution in [2.45, 2.75) is 45.2 Å². The Bertz CT molecular complexity index is 1460. The van der Waals surface area contributed by atoms with E-state index in [0.717, 1.165) is 29.9 Å². The molecule has 0 radical (unpaired) electrons. The van der Waals surface area contributed by atoms with Gasteiger partial charge in [0.25, 0.3) is 5.89 Å². The molecule has 1 aliphatic heterocycles. The molecule has 2 amide bonds. The maximum atomic E-state index is 12.7. The fraction of sp³-hybridized carbons (Fsp3) is 0.333. The number of aromatic nitrogens is 7. The van der Waals surface area contributed by atoms with E-state index in [1.165, 1.54) is 18.1 Å². The Morgan fingerprint density at radius 1 is 1.11 bits per heavy atom. The zero-order valence-electron chi connectivity index (χ0n) is 20.1. The van der Waals surface area contributed by atoms with E-state index >= 15 is 0 Å². The van der Waals surface area contributed by atoms with Gasteiger partial charge in [0, 0.05) is 44.0 Å². The number of nitrogens with one attached hydrogen (secondary N) is 3. The van der Waals surface area contributed by atoms with Crippen LogP contribution in [-0.4, -0.2) is 64.9 Å². The second-order valence-corrected chi connectivity index (χ2v) is 9.17. The number of hydrogen-bond donors (Lipinski definition) is 3. The molecular weight excluding hydrogens is 476 g/mol. The van der Waals surface area contributed by atoms with Crippen LogP contribution < -0.4 is 10.6 Å². The second-order valence-electron chi connectivity index (χ2n) is 9.17. The topological polar surface area (TPSA) is 168 Å². The van der Waals surface area contributed by atoms with E-state index in [2.05, 4.69) is 46.2 Å². The highest BCUT2D eigenvalue weighted by Crippen LogP contribution is 2.27. The number of rotatable bonds is 6. The van der Waals surface area contributed by atoms with Gasteiger partial charge in [-0.2, -0.15) is 15.4 Å². The van der Waals surface area contributed by atoms with Crippen molar-refractivity contribution in [3.8, 4) is 11.5 Å². The number of amides is 2. The normalized spacial score (nSPS) is 16.2. The predicted molar refractivity (Wildman–Crippen MR) is 130 cm³/mol. The molecule has 3 N–H and O–H groups in total. The third kappa shape index (κ3) is 4.87. The lowest BCUT2D eigenvalue weighted by Gasteiger charge is -2.24. The van der Waals surface area contributed by atoms with Crippen LogP contribution in [0.1, 0.15) is 35.3 Å². The summed E-state index contributed by atoms with van der Waals surface area (Å²) in [5.41, 5.74) is 5.48. The average Bonchev–Trinajstić information content (AvgIpc) is 3.63. The number of fused-ring (bicyclic) bond motifs is 2. The lowest BCUT2D eigenvalue weighted by atomic mass is 10.1. The Labute approximate surface area is 211 Å². The van der Waals surface area contributed by atoms with Crippen molar-refractivity contribution >= 4 is 23.5 Å². The van der Waals surface area contributed by atoms with Crippen LogP contribution in [0.5, 0.6) is 0 Å². The fourth-order valence-corrected chi connectivity index (χ4v) is 4.69. The number of hydrogen-bond acceptors (Lipinski definition) is 10. The molecule has 13 heteroatoms. The molecule has 1 aromatic carbocycles. The number of nitrogens with zero attached hydrogens (tertiary/aromatic N) is 7. The molecule has 1 aliphatic carbocycles. The van der Waals surface area contributed by atoms with Crippen LogP contribution in [0.3, 0.4) is 0 Å². The molecule has 0 spiro atoms. The average molecular weight is 501 g/mol. The van der Waals surface area contributed by atoms with Gasteiger partial charge in [0.1, 0.15) is 12.1 Å². The van der Waals surface area contributed by atoms with Crippen molar-refractivity contribution in [3.63, 3.8) is 0 Å². The summed E-state index contributed by atoms with van der Waals surface area (Å²) in [6, 6.07) is 6.12. The van der Waals surface area contributed by atoms with Gasteiger partial charge in [-0.15, -0.1) is 10.2 Å². The third-order valence-corrected chi connectivity index (χ3v) is 6.48. The van der Waals surface area contributed by atoms with Gasteiger partial charge in [-0.3, -0.25) is 9.59 Å². The number of carbonyl (C=O) groups is 2. The van der Waals surface area contributed by atoms with E-state index < -0.39 is 0 Å². The first-order chi connectivity index (χ1) is 18.0. The highest BCUT2D eigenvalue weighted by atomic mass is 16.4. The largest absolute Gasteiger partial charge is 0.420 e. The maximum absolute atomic E-state index is 12.7. The number of carbonyl (C=O) groups excluding carboxylic acids is 2. The predicted octanol–water partition coefficient (Wildman–Crippen LogP) is 1.31. The van der Waals surface area contributed by atoms with Gasteiger partial charge in [0.2, 0.25) is 23.7 Å². The Morgan fingerprint density at radius 3 is 2.76 bits per heavy atom. The van der Waals surface area contributed by atoms with Crippen molar-refractivity contribution in [2.24, 2.45) is 0 Å². The van der Waals surface area contributed by atoms with Gasteiger partial charge < -0.3 is 20.0 Å². The van der Waals surface area contributed by atoms with Crippen LogP contribution in [-0.2, 0) is 41.8 Å². The summed E-state index contributed by atoms with van der Waals surface area (Å²) < 4.78 is 5.71. The standard InChI is InChI=1S/C24H24N10O3/c1-13(35)27-17-3-2-14-6-18(8-15(14)7-17)28-24-25-10-16(11-26-24)23-32-31-21(37-23)9-22(36)34-5-4-19-20(12-34)30-33-29-19/h2-3,7,10-11,18H,4-6,8-9,12H2,1H3,(H,27,35)(H,25,26,28)(H,29,30,33). The summed E-state index contributed by atoms with van der Waals surface area (Å²) >= 11 is 0. The highest BCUT2D eigenvalue weighted by molar-refractivity contribution is 5.88. The number of anilines is 2. The minimum atomic E-state index is -0.110. The Hall–Kier alpha value is -4.68. The van der Waals surface area contributed by atoms with Crippen molar-refractivity contribution < 1.29 is 14.0 Å². The van der Waals surface area contributed by atoms with E-state index in [1.807, 2.05) is 18.2 Å². The molecule has 37 heavy (non-hydrogen) atoms. The zero-order valence-corrected chi connectivity index (χ0v) is 20.1. The van der Waals surface area contributed by atoms with Gasteiger partial charge >= 0.3 is 0 Å². The molecule has 1 unspecified atom stereocenters. The summed E-state index contributed by atoms with van der Waals surface area (Å²) in [5, 5.41) is 25.0. The van der Waals surface area contributed by atoms with Gasteiger partial charge in [-0.1, -0.05) is 6.07 Å². The summed E-state index contributed by atoms with van der Waals surface area (Å²) in [6.07, 6.45) is 5.55. The molecule has 0 saturated heterocycles. The second kappa shape index (κ2) is 9.41. The first-order valence-electron chi connectivity index (χ1n) is 12.0. The Morgan fingerprint density at radius 2 is 1.92 bits per heavy atom. The van der Waals surface area contributed by atoms with Crippen molar-refractivity contribution in [1.82, 2.24) is 40.5 Å². The highest BCUT2D eigenvalue weighted by Gasteiger charge is 2.25. The Balaban J connectivity index is 1.05. The van der Waals surface area contributed by atoms with E-state index in [1.54, 1.807) is 17.3 Å². The van der Waals surface area contributed by atoms with Crippen LogP contribution in [0.15, 0.2) is 35.0 Å². The molecule has 0 saturated carbocycles. The molecule has 0 fully saturated rings. The lowest BCUT2D eigenvalue weighted by molar-refractivity contribution is -0.131. The van der Waals surface area contributed by atoms with Gasteiger partial charge in [0.05, 0.1) is 17.8 Å². The SMILES string of the molecule is CC(=O)Nc1ccc2c(c1)CC(Nc1ncc(-c3nnc(CC(=O)N4CCc5n[nH]nc5C4)o3)cn1)C2. The molecule has 1 atom stereocenters. The summed E-state index contributed by atoms with van der Waals surface area (Å²) in [6.45, 7) is 2.48. The van der Waals surface area contributed by atoms with E-state index in [0.29, 0.717) is 31.0 Å². The Kier molecular flexibility index (Phi) is 5.79. The molecule has 4 aromatic rings. The van der Waals surface area contributed by atoms with Crippen LogP contribution in [0.2, 0.25) is 0 Å². The van der Waals surface area contributed by atoms with E-state index in [9.17, 15) is 9.59 Å². The third-order valence-electron chi connectivity index (χ3n) is 6.48. The van der Waals surface area contributed by atoms with Gasteiger partial charge in [0.15, 0.2) is 0 Å². The van der Waals surface area contributed by atoms with Crippen LogP contribution in [0.4, 0.5) is 11.6 Å². The zero-order chi connectivity index (χ0) is 25.4. The molecule has 0 bridgehead atoms. The van der Waals surface area contributed by atoms with Crippen molar-refractivity contribution in [3.05, 3.63) is 59.0 Å². The molecule has 3 aromatic heterocycles. The smallest absolute Gasteiger partial charge is 0.250 e. The van der Waals surface area contributed by atoms with Crippen molar-refractivity contribution in [1.29, 1.82) is 0 Å². The quantitative estimate of drug-likeness (QED) is 0.351. The first kappa shape index (κ1) is 22.8. The van der Waals surface area contributed by atoms with Crippen molar-refractivity contribution in [2.75, 3.05) is 17.2 Å². The van der Waals surface area contributed by atoms with E-state index in [-0.39, 0.29) is 36.1 Å². The van der Waals surface area contributed by atoms with Gasteiger partial charge in [-0.05, 0) is 36.1 Å². The van der Waals surface area contributed by atoms with Crippen LogP contribution in [0, 0.1) is 0 Å². The summed E-state index contributed by atoms with van der Waals surface area (Å²) in [4.78, 5) is 34.5. The minimum absolute atomic E-state index is 0.00652. The van der Waals surface area contributed by atoms with E-state index in [4.69, 9.17) is 4.42 Å². The molecule has 2 aliphatic rings. The fourth-order valence-electron chi connectivity index (χ4n) is 4.69. The molecule has 13 nitrogen and oxygen atoms in total. The number of benzene rings is 1. The molecule has 188 valence electrons. The maximum Gasteiger partial charge on any atom is 0.250 e. The summed E-state index contributed by atoms with van der Waals surface area (Å²) in [7, 11) is 0. The monoisotopic (exact) mass is 500 g/mol. The van der Waals surface area contributed by atoms with Crippen LogP contribution in [0.25, 0.3) is 11.5 Å². The molecule has 4 heterocycles. The number of aromatic amines is 1. The van der Waals surface area contributed by atoms with Gasteiger partial charge in [-0.25, -0.2) is 9.97 Å². The minimum Gasteiger partial charge on any atom is -0.420 e. The lowest BCUT2D eigenvalue weighted by Crippen LogP contribution is -2.37. The van der Waals surface area contributed by atoms with Crippen LogP contribution >= 0.6 is 0 Å². The number of H-pyrrole nitrogens is 1. The first-order valence-corrected chi connectivity index (χ1v) is 12.0. The molecular formula is C24H24N10O3. The molecule has 6 rings (SSSR count).